The zero-order valence-electron chi connectivity index (χ0n) is 10.1. The highest BCUT2D eigenvalue weighted by atomic mass is 16.5. The van der Waals surface area contributed by atoms with Gasteiger partial charge in [0, 0.05) is 13.2 Å². The van der Waals surface area contributed by atoms with Gasteiger partial charge in [0.2, 0.25) is 0 Å². The van der Waals surface area contributed by atoms with Gasteiger partial charge in [-0.3, -0.25) is 0 Å². The van der Waals surface area contributed by atoms with Crippen LogP contribution >= 0.6 is 0 Å². The molecule has 0 fully saturated rings. The third-order valence-electron chi connectivity index (χ3n) is 1.83. The van der Waals surface area contributed by atoms with Crippen LogP contribution in [0.4, 0.5) is 0 Å². The van der Waals surface area contributed by atoms with Gasteiger partial charge in [0.1, 0.15) is 24.4 Å². The van der Waals surface area contributed by atoms with Crippen molar-refractivity contribution in [3.8, 4) is 0 Å². The summed E-state index contributed by atoms with van der Waals surface area (Å²) in [6.07, 6.45) is -6.84. The van der Waals surface area contributed by atoms with Gasteiger partial charge in [-0.15, -0.1) is 0 Å². The highest BCUT2D eigenvalue weighted by molar-refractivity contribution is 5.56. The zero-order chi connectivity index (χ0) is 13.8. The minimum Gasteiger partial charge on any atom is -0.394 e. The van der Waals surface area contributed by atoms with Gasteiger partial charge in [-0.1, -0.05) is 0 Å². The number of aliphatic hydroxyl groups excluding tert-OH is 5. The molecule has 0 saturated heterocycles. The van der Waals surface area contributed by atoms with Crippen LogP contribution in [-0.2, 0) is 9.53 Å². The highest BCUT2D eigenvalue weighted by Crippen LogP contribution is 2.02. The Balaban J connectivity index is 0. The van der Waals surface area contributed by atoms with E-state index in [1.54, 1.807) is 0 Å². The molecule has 0 spiro atoms. The van der Waals surface area contributed by atoms with E-state index in [0.29, 0.717) is 0 Å². The second-order valence-corrected chi connectivity index (χ2v) is 3.14. The maximum absolute atomic E-state index is 9.90. The summed E-state index contributed by atoms with van der Waals surface area (Å²) >= 11 is 0. The largest absolute Gasteiger partial charge is 0.394 e. The van der Waals surface area contributed by atoms with Crippen LogP contribution in [0.5, 0.6) is 0 Å². The normalized spacial score (nSPS) is 17.4. The minimum atomic E-state index is -1.79. The lowest BCUT2D eigenvalue weighted by molar-refractivity contribution is -0.136. The van der Waals surface area contributed by atoms with E-state index in [1.165, 1.54) is 0 Å². The van der Waals surface area contributed by atoms with Crippen molar-refractivity contribution in [3.05, 3.63) is 0 Å². The number of rotatable bonds is 7. The molecule has 104 valence electrons. The number of aldehydes is 1. The predicted octanol–water partition coefficient (Wildman–Crippen LogP) is -2.34. The van der Waals surface area contributed by atoms with Crippen LogP contribution in [0, 0.1) is 0 Å². The number of ether oxygens (including phenoxy) is 1. The van der Waals surface area contributed by atoms with Crippen LogP contribution in [0.25, 0.3) is 0 Å². The summed E-state index contributed by atoms with van der Waals surface area (Å²) < 4.78 is 4.83. The zero-order valence-corrected chi connectivity index (χ0v) is 10.1. The van der Waals surface area contributed by atoms with Crippen molar-refractivity contribution in [2.24, 2.45) is 0 Å². The molecule has 7 nitrogen and oxygen atoms in total. The van der Waals surface area contributed by atoms with E-state index in [0.717, 1.165) is 13.2 Å². The first kappa shape index (κ1) is 18.8. The number of hydrogen-bond acceptors (Lipinski definition) is 7. The lowest BCUT2D eigenvalue weighted by Gasteiger charge is -2.22. The molecule has 0 aromatic rings. The molecule has 4 atom stereocenters. The topological polar surface area (TPSA) is 127 Å². The van der Waals surface area contributed by atoms with Gasteiger partial charge in [-0.25, -0.2) is 0 Å². The first-order valence-electron chi connectivity index (χ1n) is 5.32. The van der Waals surface area contributed by atoms with Crippen molar-refractivity contribution in [1.82, 2.24) is 0 Å². The van der Waals surface area contributed by atoms with Gasteiger partial charge >= 0.3 is 0 Å². The molecular weight excluding hydrogens is 232 g/mol. The van der Waals surface area contributed by atoms with Gasteiger partial charge in [-0.05, 0) is 13.8 Å². The Bertz CT molecular complexity index is 174. The molecule has 0 aromatic heterocycles. The van der Waals surface area contributed by atoms with Crippen LogP contribution in [-0.4, -0.2) is 76.1 Å². The SMILES string of the molecule is CCOCC.O=C[C@H](O)[C@@H](O)[C@H](O)[C@H](O)CO. The molecule has 0 aliphatic carbocycles. The summed E-state index contributed by atoms with van der Waals surface area (Å²) in [7, 11) is 0. The van der Waals surface area contributed by atoms with E-state index in [1.807, 2.05) is 13.8 Å². The molecule has 0 bridgehead atoms. The van der Waals surface area contributed by atoms with Gasteiger partial charge in [-0.2, -0.15) is 0 Å². The van der Waals surface area contributed by atoms with Crippen molar-refractivity contribution in [1.29, 1.82) is 0 Å². The summed E-state index contributed by atoms with van der Waals surface area (Å²) in [6, 6.07) is 0. The Labute approximate surface area is 100 Å². The Hall–Kier alpha value is -0.570. The molecule has 0 rings (SSSR count). The lowest BCUT2D eigenvalue weighted by atomic mass is 10.0. The van der Waals surface area contributed by atoms with Crippen molar-refractivity contribution in [2.45, 2.75) is 38.3 Å². The molecule has 0 amide bonds. The van der Waals surface area contributed by atoms with Crippen molar-refractivity contribution in [2.75, 3.05) is 19.8 Å². The molecule has 0 aromatic carbocycles. The fourth-order valence-electron chi connectivity index (χ4n) is 0.822. The van der Waals surface area contributed by atoms with Crippen LogP contribution in [0.2, 0.25) is 0 Å². The highest BCUT2D eigenvalue weighted by Gasteiger charge is 2.29. The standard InChI is InChI=1S/C6H12O6.C4H10O/c7-1-3(9)5(11)6(12)4(10)2-8;1-3-5-4-2/h1,3-6,8-12H,2H2;3-4H2,1-2H3/t3-,4+,5+,6+;/m0./s1. The van der Waals surface area contributed by atoms with Crippen LogP contribution in [0.1, 0.15) is 13.8 Å². The molecule has 0 aliphatic rings. The van der Waals surface area contributed by atoms with Crippen LogP contribution < -0.4 is 0 Å². The van der Waals surface area contributed by atoms with E-state index in [4.69, 9.17) is 30.3 Å². The Morgan fingerprint density at radius 2 is 1.53 bits per heavy atom. The molecule has 0 heterocycles. The summed E-state index contributed by atoms with van der Waals surface area (Å²) in [5, 5.41) is 43.5. The molecule has 0 aliphatic heterocycles. The molecule has 0 radical (unpaired) electrons. The summed E-state index contributed by atoms with van der Waals surface area (Å²) in [5.41, 5.74) is 0. The quantitative estimate of drug-likeness (QED) is 0.322. The van der Waals surface area contributed by atoms with Crippen LogP contribution in [0.15, 0.2) is 0 Å². The first-order valence-corrected chi connectivity index (χ1v) is 5.32. The summed E-state index contributed by atoms with van der Waals surface area (Å²) in [4.78, 5) is 9.90. The van der Waals surface area contributed by atoms with Gasteiger partial charge in [0.15, 0.2) is 6.29 Å². The third kappa shape index (κ3) is 9.16. The average Bonchev–Trinajstić information content (AvgIpc) is 2.36. The number of hydrogen-bond donors (Lipinski definition) is 5. The van der Waals surface area contributed by atoms with E-state index in [2.05, 4.69) is 0 Å². The van der Waals surface area contributed by atoms with E-state index >= 15 is 0 Å². The molecule has 17 heavy (non-hydrogen) atoms. The van der Waals surface area contributed by atoms with E-state index < -0.39 is 31.0 Å². The number of carbonyl (C=O) groups is 1. The fraction of sp³-hybridized carbons (Fsp3) is 0.900. The smallest absolute Gasteiger partial charge is 0.151 e. The van der Waals surface area contributed by atoms with Crippen molar-refractivity contribution >= 4 is 6.29 Å². The van der Waals surface area contributed by atoms with Gasteiger partial charge in [0.05, 0.1) is 6.61 Å². The van der Waals surface area contributed by atoms with Gasteiger partial charge < -0.3 is 35.1 Å². The fourth-order valence-corrected chi connectivity index (χ4v) is 0.822. The second-order valence-electron chi connectivity index (χ2n) is 3.14. The predicted molar refractivity (Wildman–Crippen MR) is 59.3 cm³/mol. The van der Waals surface area contributed by atoms with Crippen LogP contribution in [0.3, 0.4) is 0 Å². The van der Waals surface area contributed by atoms with Crippen molar-refractivity contribution in [3.63, 3.8) is 0 Å². The van der Waals surface area contributed by atoms with Gasteiger partial charge in [0.25, 0.3) is 0 Å². The summed E-state index contributed by atoms with van der Waals surface area (Å²) in [6.45, 7) is 4.91. The molecule has 0 saturated carbocycles. The van der Waals surface area contributed by atoms with Crippen molar-refractivity contribution < 1.29 is 35.1 Å². The maximum Gasteiger partial charge on any atom is 0.151 e. The maximum atomic E-state index is 9.90. The minimum absolute atomic E-state index is 0.0258. The van der Waals surface area contributed by atoms with E-state index in [9.17, 15) is 4.79 Å². The Kier molecular flexibility index (Phi) is 13.2. The molecule has 0 unspecified atom stereocenters. The number of carbonyl (C=O) groups excluding carboxylic acids is 1. The molecule has 7 heteroatoms. The Morgan fingerprint density at radius 1 is 1.06 bits per heavy atom. The first-order chi connectivity index (χ1) is 7.95. The number of aliphatic hydroxyl groups is 5. The molecule has 5 N–H and O–H groups in total. The summed E-state index contributed by atoms with van der Waals surface area (Å²) in [5.74, 6) is 0. The Morgan fingerprint density at radius 3 is 1.76 bits per heavy atom. The average molecular weight is 254 g/mol. The molecular formula is C10H22O7. The monoisotopic (exact) mass is 254 g/mol. The third-order valence-corrected chi connectivity index (χ3v) is 1.83. The lowest BCUT2D eigenvalue weighted by Crippen LogP contribution is -2.46. The van der Waals surface area contributed by atoms with E-state index in [-0.39, 0.29) is 6.29 Å². The second kappa shape index (κ2) is 11.9.